The van der Waals surface area contributed by atoms with Crippen LogP contribution in [-0.2, 0) is 4.79 Å². The summed E-state index contributed by atoms with van der Waals surface area (Å²) in [7, 11) is 1.79. The van der Waals surface area contributed by atoms with Crippen LogP contribution in [0.5, 0.6) is 0 Å². The fraction of sp³-hybridized carbons (Fsp3) is 0.462. The van der Waals surface area contributed by atoms with Gasteiger partial charge in [-0.2, -0.15) is 0 Å². The van der Waals surface area contributed by atoms with Gasteiger partial charge >= 0.3 is 0 Å². The molecule has 1 saturated heterocycles. The Balaban J connectivity index is 2.30. The van der Waals surface area contributed by atoms with Crippen LogP contribution in [0.4, 0.5) is 10.1 Å². The molecule has 1 amide bonds. The summed E-state index contributed by atoms with van der Waals surface area (Å²) < 4.78 is 13.3. The number of rotatable bonds is 2. The number of carbonyl (C=O) groups excluding carboxylic acids is 1. The van der Waals surface area contributed by atoms with E-state index in [0.29, 0.717) is 13.1 Å². The molecule has 0 aliphatic carbocycles. The quantitative estimate of drug-likeness (QED) is 0.857. The average Bonchev–Trinajstić information content (AvgIpc) is 2.32. The summed E-state index contributed by atoms with van der Waals surface area (Å²) >= 11 is 0. The van der Waals surface area contributed by atoms with E-state index in [1.807, 2.05) is 11.8 Å². The molecule has 1 fully saturated rings. The van der Waals surface area contributed by atoms with E-state index in [2.05, 4.69) is 0 Å². The lowest BCUT2D eigenvalue weighted by Gasteiger charge is -2.35. The molecule has 2 N–H and O–H groups in total. The predicted molar refractivity (Wildman–Crippen MR) is 68.9 cm³/mol. The van der Waals surface area contributed by atoms with Crippen LogP contribution in [0.3, 0.4) is 0 Å². The number of halogens is 1. The number of anilines is 1. The number of amides is 1. The molecule has 1 aromatic rings. The van der Waals surface area contributed by atoms with Crippen LogP contribution in [0.15, 0.2) is 18.2 Å². The highest BCUT2D eigenvalue weighted by molar-refractivity contribution is 5.83. The van der Waals surface area contributed by atoms with Crippen molar-refractivity contribution in [1.82, 2.24) is 4.90 Å². The zero-order chi connectivity index (χ0) is 13.3. The molecule has 98 valence electrons. The molecule has 1 aliphatic rings. The number of carbonyl (C=O) groups is 1. The van der Waals surface area contributed by atoms with Crippen molar-refractivity contribution < 1.29 is 9.18 Å². The van der Waals surface area contributed by atoms with E-state index in [1.165, 1.54) is 12.1 Å². The van der Waals surface area contributed by atoms with Gasteiger partial charge in [0.1, 0.15) is 5.82 Å². The second-order valence-corrected chi connectivity index (χ2v) is 4.73. The molecule has 1 aliphatic heterocycles. The highest BCUT2D eigenvalue weighted by atomic mass is 19.1. The first-order valence-corrected chi connectivity index (χ1v) is 6.03. The number of benzene rings is 1. The lowest BCUT2D eigenvalue weighted by molar-refractivity contribution is -0.129. The fourth-order valence-electron chi connectivity index (χ4n) is 2.14. The van der Waals surface area contributed by atoms with E-state index in [-0.39, 0.29) is 17.8 Å². The molecule has 0 spiro atoms. The third-order valence-electron chi connectivity index (χ3n) is 3.28. The van der Waals surface area contributed by atoms with Crippen molar-refractivity contribution in [3.8, 4) is 0 Å². The van der Waals surface area contributed by atoms with Gasteiger partial charge in [0.15, 0.2) is 0 Å². The summed E-state index contributed by atoms with van der Waals surface area (Å²) in [6, 6.07) is 4.30. The van der Waals surface area contributed by atoms with Gasteiger partial charge in [-0.15, -0.1) is 0 Å². The van der Waals surface area contributed by atoms with Crippen LogP contribution < -0.4 is 10.6 Å². The summed E-state index contributed by atoms with van der Waals surface area (Å²) in [6.45, 7) is 3.56. The minimum Gasteiger partial charge on any atom is -0.360 e. The van der Waals surface area contributed by atoms with Gasteiger partial charge in [-0.25, -0.2) is 4.39 Å². The summed E-state index contributed by atoms with van der Waals surface area (Å²) in [6.07, 6.45) is 0. The normalized spacial score (nSPS) is 18.1. The Morgan fingerprint density at radius 2 is 2.11 bits per heavy atom. The molecule has 0 bridgehead atoms. The predicted octanol–water partition coefficient (Wildman–Crippen LogP) is 1.12. The van der Waals surface area contributed by atoms with Crippen molar-refractivity contribution in [3.05, 3.63) is 29.6 Å². The monoisotopic (exact) mass is 251 g/mol. The molecule has 1 heterocycles. The molecule has 1 atom stereocenters. The second-order valence-electron chi connectivity index (χ2n) is 4.73. The van der Waals surface area contributed by atoms with Crippen molar-refractivity contribution in [2.75, 3.05) is 31.6 Å². The Labute approximate surface area is 106 Å². The highest BCUT2D eigenvalue weighted by Crippen LogP contribution is 2.27. The van der Waals surface area contributed by atoms with E-state index in [9.17, 15) is 9.18 Å². The molecule has 0 saturated carbocycles. The molecule has 0 radical (unpaired) electrons. The number of piperazine rings is 1. The van der Waals surface area contributed by atoms with Crippen LogP contribution in [0.25, 0.3) is 0 Å². The van der Waals surface area contributed by atoms with Crippen LogP contribution in [0.2, 0.25) is 0 Å². The minimum atomic E-state index is -0.300. The largest absolute Gasteiger partial charge is 0.360 e. The first-order valence-electron chi connectivity index (χ1n) is 6.03. The Hall–Kier alpha value is -1.62. The lowest BCUT2D eigenvalue weighted by atomic mass is 10.0. The third kappa shape index (κ3) is 2.46. The van der Waals surface area contributed by atoms with Crippen molar-refractivity contribution in [3.63, 3.8) is 0 Å². The maximum atomic E-state index is 13.3. The Bertz CT molecular complexity index is 462. The van der Waals surface area contributed by atoms with Crippen LogP contribution in [-0.4, -0.2) is 37.5 Å². The zero-order valence-electron chi connectivity index (χ0n) is 10.7. The highest BCUT2D eigenvalue weighted by Gasteiger charge is 2.23. The Morgan fingerprint density at radius 1 is 1.39 bits per heavy atom. The average molecular weight is 251 g/mol. The number of nitrogens with zero attached hydrogens (tertiary/aromatic N) is 2. The van der Waals surface area contributed by atoms with Crippen molar-refractivity contribution in [2.24, 2.45) is 5.73 Å². The van der Waals surface area contributed by atoms with Crippen molar-refractivity contribution in [1.29, 1.82) is 0 Å². The standard InChI is InChI=1S/C13H18FN3O/c1-9(15)11-7-10(14)3-4-12(11)17-6-5-16(2)13(18)8-17/h3-4,7,9H,5-6,8,15H2,1-2H3/t9-/m1/s1. The van der Waals surface area contributed by atoms with E-state index < -0.39 is 0 Å². The molecule has 5 heteroatoms. The van der Waals surface area contributed by atoms with Crippen molar-refractivity contribution in [2.45, 2.75) is 13.0 Å². The maximum Gasteiger partial charge on any atom is 0.241 e. The van der Waals surface area contributed by atoms with E-state index in [1.54, 1.807) is 18.0 Å². The fourth-order valence-corrected chi connectivity index (χ4v) is 2.14. The summed E-state index contributed by atoms with van der Waals surface area (Å²) in [4.78, 5) is 15.4. The van der Waals surface area contributed by atoms with Gasteiger partial charge < -0.3 is 15.5 Å². The smallest absolute Gasteiger partial charge is 0.241 e. The van der Waals surface area contributed by atoms with Gasteiger partial charge in [-0.3, -0.25) is 4.79 Å². The number of hydrogen-bond acceptors (Lipinski definition) is 3. The molecule has 18 heavy (non-hydrogen) atoms. The molecule has 0 aromatic heterocycles. The number of hydrogen-bond donors (Lipinski definition) is 1. The van der Waals surface area contributed by atoms with Gasteiger partial charge in [0, 0.05) is 31.9 Å². The van der Waals surface area contributed by atoms with Crippen LogP contribution in [0.1, 0.15) is 18.5 Å². The third-order valence-corrected chi connectivity index (χ3v) is 3.28. The molecular weight excluding hydrogens is 233 g/mol. The summed E-state index contributed by atoms with van der Waals surface area (Å²) in [5, 5.41) is 0. The topological polar surface area (TPSA) is 49.6 Å². The Kier molecular flexibility index (Phi) is 3.52. The summed E-state index contributed by atoms with van der Waals surface area (Å²) in [5.41, 5.74) is 7.46. The summed E-state index contributed by atoms with van der Waals surface area (Å²) in [5.74, 6) is -0.229. The molecule has 1 aromatic carbocycles. The molecular formula is C13H18FN3O. The first-order chi connectivity index (χ1) is 8.49. The number of likely N-dealkylation sites (N-methyl/N-ethyl adjacent to an activating group) is 1. The van der Waals surface area contributed by atoms with Gasteiger partial charge in [-0.05, 0) is 30.7 Å². The van der Waals surface area contributed by atoms with Gasteiger partial charge in [0.2, 0.25) is 5.91 Å². The SMILES string of the molecule is C[C@@H](N)c1cc(F)ccc1N1CCN(C)C(=O)C1. The zero-order valence-corrected chi connectivity index (χ0v) is 10.7. The van der Waals surface area contributed by atoms with Gasteiger partial charge in [0.25, 0.3) is 0 Å². The van der Waals surface area contributed by atoms with E-state index in [4.69, 9.17) is 5.73 Å². The lowest BCUT2D eigenvalue weighted by Crippen LogP contribution is -2.49. The Morgan fingerprint density at radius 3 is 2.72 bits per heavy atom. The van der Waals surface area contributed by atoms with Gasteiger partial charge in [-0.1, -0.05) is 0 Å². The van der Waals surface area contributed by atoms with Crippen LogP contribution in [0, 0.1) is 5.82 Å². The maximum absolute atomic E-state index is 13.3. The van der Waals surface area contributed by atoms with E-state index >= 15 is 0 Å². The first kappa shape index (κ1) is 12.8. The molecule has 2 rings (SSSR count). The second kappa shape index (κ2) is 4.94. The van der Waals surface area contributed by atoms with Gasteiger partial charge in [0.05, 0.1) is 6.54 Å². The van der Waals surface area contributed by atoms with E-state index in [0.717, 1.165) is 17.8 Å². The minimum absolute atomic E-state index is 0.0706. The molecule has 0 unspecified atom stereocenters. The van der Waals surface area contributed by atoms with Crippen molar-refractivity contribution >= 4 is 11.6 Å². The number of nitrogens with two attached hydrogens (primary N) is 1. The van der Waals surface area contributed by atoms with Crippen LogP contribution >= 0.6 is 0 Å². The molecule has 4 nitrogen and oxygen atoms in total.